The fourth-order valence-electron chi connectivity index (χ4n) is 3.66. The second-order valence-corrected chi connectivity index (χ2v) is 7.30. The van der Waals surface area contributed by atoms with Gasteiger partial charge >= 0.3 is 6.03 Å². The van der Waals surface area contributed by atoms with Crippen LogP contribution in [0.1, 0.15) is 23.3 Å². The number of anilines is 1. The molecule has 2 aromatic carbocycles. The van der Waals surface area contributed by atoms with Gasteiger partial charge in [-0.2, -0.15) is 4.98 Å². The van der Waals surface area contributed by atoms with E-state index in [-0.39, 0.29) is 6.54 Å². The van der Waals surface area contributed by atoms with Gasteiger partial charge in [0.2, 0.25) is 11.7 Å². The van der Waals surface area contributed by atoms with Gasteiger partial charge in [0.1, 0.15) is 17.6 Å². The van der Waals surface area contributed by atoms with Crippen molar-refractivity contribution in [3.05, 3.63) is 78.0 Å². The molecule has 10 heteroatoms. The van der Waals surface area contributed by atoms with E-state index in [1.807, 2.05) is 12.1 Å². The molecule has 0 aliphatic carbocycles. The van der Waals surface area contributed by atoms with Crippen molar-refractivity contribution in [1.29, 1.82) is 0 Å². The highest BCUT2D eigenvalue weighted by Crippen LogP contribution is 2.33. The summed E-state index contributed by atoms with van der Waals surface area (Å²) in [7, 11) is 1.59. The molecule has 32 heavy (non-hydrogen) atoms. The molecule has 2 N–H and O–H groups in total. The van der Waals surface area contributed by atoms with Gasteiger partial charge in [0.15, 0.2) is 0 Å². The van der Waals surface area contributed by atoms with Crippen LogP contribution in [-0.4, -0.2) is 38.1 Å². The number of fused-ring (bicyclic) bond motifs is 1. The molecule has 0 radical (unpaired) electrons. The third kappa shape index (κ3) is 3.78. The fraction of sp³-hybridized carbons (Fsp3) is 0.182. The number of carbonyl (C=O) groups is 1. The van der Waals surface area contributed by atoms with Crippen molar-refractivity contribution in [2.45, 2.75) is 19.0 Å². The fourth-order valence-corrected chi connectivity index (χ4v) is 3.66. The first-order valence-corrected chi connectivity index (χ1v) is 9.93. The van der Waals surface area contributed by atoms with Gasteiger partial charge in [-0.1, -0.05) is 11.2 Å². The number of benzene rings is 2. The lowest BCUT2D eigenvalue weighted by Crippen LogP contribution is -2.41. The largest absolute Gasteiger partial charge is 0.497 e. The highest BCUT2D eigenvalue weighted by Gasteiger charge is 2.36. The number of nitrogens with zero attached hydrogens (tertiary/aromatic N) is 4. The van der Waals surface area contributed by atoms with Gasteiger partial charge in [-0.3, -0.25) is 0 Å². The van der Waals surface area contributed by atoms with Gasteiger partial charge < -0.3 is 24.5 Å². The molecule has 162 valence electrons. The topological polar surface area (TPSA) is 109 Å². The van der Waals surface area contributed by atoms with E-state index in [1.165, 1.54) is 18.2 Å². The van der Waals surface area contributed by atoms with Gasteiger partial charge in [-0.15, -0.1) is 0 Å². The van der Waals surface area contributed by atoms with Crippen LogP contribution in [0.3, 0.4) is 0 Å². The summed E-state index contributed by atoms with van der Waals surface area (Å²) < 4.78 is 24.3. The van der Waals surface area contributed by atoms with E-state index in [4.69, 9.17) is 9.26 Å². The van der Waals surface area contributed by atoms with Crippen LogP contribution in [-0.2, 0) is 13.0 Å². The minimum atomic E-state index is -0.529. The number of hydrogen-bond acceptors (Lipinski definition) is 6. The Balaban J connectivity index is 1.43. The number of carbonyl (C=O) groups excluding carboxylic acids is 1. The zero-order chi connectivity index (χ0) is 22.1. The molecule has 0 unspecified atom stereocenters. The van der Waals surface area contributed by atoms with Crippen molar-refractivity contribution in [1.82, 2.24) is 25.0 Å². The minimum absolute atomic E-state index is 0.265. The zero-order valence-electron chi connectivity index (χ0n) is 17.1. The van der Waals surface area contributed by atoms with E-state index in [1.54, 1.807) is 36.5 Å². The second kappa shape index (κ2) is 8.14. The molecule has 3 heterocycles. The van der Waals surface area contributed by atoms with Crippen molar-refractivity contribution in [3.63, 3.8) is 0 Å². The zero-order valence-corrected chi connectivity index (χ0v) is 17.1. The average molecular weight is 434 g/mol. The van der Waals surface area contributed by atoms with Crippen LogP contribution >= 0.6 is 0 Å². The number of nitrogens with one attached hydrogen (secondary N) is 2. The predicted molar refractivity (Wildman–Crippen MR) is 112 cm³/mol. The highest BCUT2D eigenvalue weighted by atomic mass is 19.1. The maximum Gasteiger partial charge on any atom is 0.322 e. The Morgan fingerprint density at radius 3 is 2.91 bits per heavy atom. The first-order chi connectivity index (χ1) is 15.6. The molecule has 0 saturated heterocycles. The predicted octanol–water partition coefficient (Wildman–Crippen LogP) is 3.94. The molecule has 0 spiro atoms. The molecule has 2 aromatic heterocycles. The Bertz CT molecular complexity index is 1250. The third-order valence-corrected chi connectivity index (χ3v) is 5.31. The molecule has 1 atom stereocenters. The Morgan fingerprint density at radius 1 is 1.28 bits per heavy atom. The summed E-state index contributed by atoms with van der Waals surface area (Å²) in [5.41, 5.74) is 2.76. The number of hydrogen-bond donors (Lipinski definition) is 2. The van der Waals surface area contributed by atoms with Crippen LogP contribution in [0.5, 0.6) is 5.75 Å². The number of H-pyrrole nitrogens is 1. The summed E-state index contributed by atoms with van der Waals surface area (Å²) in [5.74, 6) is 0.978. The molecule has 5 rings (SSSR count). The van der Waals surface area contributed by atoms with Gasteiger partial charge in [0.05, 0.1) is 31.4 Å². The summed E-state index contributed by atoms with van der Waals surface area (Å²) in [5, 5.41) is 6.82. The Morgan fingerprint density at radius 2 is 2.12 bits per heavy atom. The maximum atomic E-state index is 13.5. The Labute approximate surface area is 182 Å². The Kier molecular flexibility index (Phi) is 5.02. The summed E-state index contributed by atoms with van der Waals surface area (Å²) in [6.45, 7) is 0.265. The average Bonchev–Trinajstić information content (AvgIpc) is 3.47. The number of urea groups is 1. The van der Waals surface area contributed by atoms with Crippen molar-refractivity contribution in [3.8, 4) is 17.1 Å². The molecule has 0 fully saturated rings. The molecule has 1 aliphatic heterocycles. The van der Waals surface area contributed by atoms with E-state index < -0.39 is 17.9 Å². The van der Waals surface area contributed by atoms with Crippen LogP contribution in [0.15, 0.2) is 59.4 Å². The summed E-state index contributed by atoms with van der Waals surface area (Å²) in [6, 6.07) is 12.1. The number of methoxy groups -OCH3 is 1. The first-order valence-electron chi connectivity index (χ1n) is 9.93. The number of aromatic nitrogens is 4. The van der Waals surface area contributed by atoms with E-state index in [0.29, 0.717) is 23.8 Å². The number of ether oxygens (including phenoxy) is 1. The van der Waals surface area contributed by atoms with Crippen LogP contribution in [0.4, 0.5) is 14.9 Å². The van der Waals surface area contributed by atoms with Gasteiger partial charge in [0, 0.05) is 17.7 Å². The molecule has 4 aromatic rings. The molecular formula is C22H19FN6O3. The van der Waals surface area contributed by atoms with Crippen molar-refractivity contribution in [2.24, 2.45) is 0 Å². The number of amides is 2. The van der Waals surface area contributed by atoms with E-state index in [9.17, 15) is 9.18 Å². The van der Waals surface area contributed by atoms with Gasteiger partial charge in [0.25, 0.3) is 0 Å². The lowest BCUT2D eigenvalue weighted by molar-refractivity contribution is 0.155. The maximum absolute atomic E-state index is 13.5. The van der Waals surface area contributed by atoms with Gasteiger partial charge in [-0.05, 0) is 42.5 Å². The van der Waals surface area contributed by atoms with Crippen LogP contribution in [0, 0.1) is 5.82 Å². The summed E-state index contributed by atoms with van der Waals surface area (Å²) >= 11 is 0. The number of rotatable bonds is 4. The molecule has 1 aliphatic rings. The van der Waals surface area contributed by atoms with Crippen molar-refractivity contribution < 1.29 is 18.4 Å². The smallest absolute Gasteiger partial charge is 0.322 e. The number of imidazole rings is 1. The SMILES string of the molecule is COc1ccc(-c2noc([C@@H]3Cc4nc[nH]c4CN3C(=O)Nc3cccc(F)c3)n2)cc1. The quantitative estimate of drug-likeness (QED) is 0.504. The molecular weight excluding hydrogens is 415 g/mol. The standard InChI is InChI=1S/C22H19FN6O3/c1-31-16-7-5-13(6-8-16)20-27-21(32-28-20)19-10-17-18(25-12-24-17)11-29(19)22(30)26-15-4-2-3-14(23)9-15/h2-9,12,19H,10-11H2,1H3,(H,24,25)(H,26,30)/t19-/m0/s1. The van der Waals surface area contributed by atoms with Crippen LogP contribution in [0.2, 0.25) is 0 Å². The lowest BCUT2D eigenvalue weighted by atomic mass is 10.0. The third-order valence-electron chi connectivity index (χ3n) is 5.31. The van der Waals surface area contributed by atoms with Crippen LogP contribution < -0.4 is 10.1 Å². The Hall–Kier alpha value is -4.21. The second-order valence-electron chi connectivity index (χ2n) is 7.30. The number of aromatic amines is 1. The molecule has 0 bridgehead atoms. The molecule has 9 nitrogen and oxygen atoms in total. The monoisotopic (exact) mass is 434 g/mol. The van der Waals surface area contributed by atoms with Crippen LogP contribution in [0.25, 0.3) is 11.4 Å². The van der Waals surface area contributed by atoms with E-state index >= 15 is 0 Å². The molecule has 0 saturated carbocycles. The van der Waals surface area contributed by atoms with E-state index in [0.717, 1.165) is 22.7 Å². The molecule has 2 amide bonds. The lowest BCUT2D eigenvalue weighted by Gasteiger charge is -2.32. The first kappa shape index (κ1) is 19.7. The highest BCUT2D eigenvalue weighted by molar-refractivity contribution is 5.89. The normalized spacial score (nSPS) is 15.3. The van der Waals surface area contributed by atoms with Crippen molar-refractivity contribution in [2.75, 3.05) is 12.4 Å². The summed E-state index contributed by atoms with van der Waals surface area (Å²) in [6.07, 6.45) is 1.99. The van der Waals surface area contributed by atoms with Gasteiger partial charge in [-0.25, -0.2) is 14.2 Å². The number of halogens is 1. The summed E-state index contributed by atoms with van der Waals surface area (Å²) in [4.78, 5) is 26.6. The van der Waals surface area contributed by atoms with Crippen molar-refractivity contribution >= 4 is 11.7 Å². The van der Waals surface area contributed by atoms with E-state index in [2.05, 4.69) is 25.4 Å². The minimum Gasteiger partial charge on any atom is -0.497 e.